The summed E-state index contributed by atoms with van der Waals surface area (Å²) in [5.74, 6) is -2.33. The number of amides is 5. The highest BCUT2D eigenvalue weighted by atomic mass is 32.1. The first-order chi connectivity index (χ1) is 20.0. The van der Waals surface area contributed by atoms with E-state index in [0.717, 1.165) is 5.56 Å². The summed E-state index contributed by atoms with van der Waals surface area (Å²) in [5, 5.41) is 10.2. The third kappa shape index (κ3) is 7.52. The van der Waals surface area contributed by atoms with Gasteiger partial charge in [0.25, 0.3) is 5.91 Å². The molecule has 0 radical (unpaired) electrons. The summed E-state index contributed by atoms with van der Waals surface area (Å²) in [7, 11) is 1.50. The second-order valence-corrected chi connectivity index (χ2v) is 11.7. The van der Waals surface area contributed by atoms with Gasteiger partial charge in [-0.15, -0.1) is 11.3 Å². The van der Waals surface area contributed by atoms with Gasteiger partial charge >= 0.3 is 0 Å². The first-order valence-electron chi connectivity index (χ1n) is 13.9. The molecule has 1 saturated heterocycles. The third-order valence-corrected chi connectivity index (χ3v) is 7.95. The number of rotatable bonds is 5. The Morgan fingerprint density at radius 3 is 2.50 bits per heavy atom. The van der Waals surface area contributed by atoms with E-state index in [1.807, 2.05) is 49.6 Å². The topological polar surface area (TPSA) is 145 Å². The molecule has 3 atom stereocenters. The van der Waals surface area contributed by atoms with E-state index in [-0.39, 0.29) is 37.7 Å². The van der Waals surface area contributed by atoms with Gasteiger partial charge in [-0.1, -0.05) is 44.2 Å². The highest BCUT2D eigenvalue weighted by Crippen LogP contribution is 2.14. The van der Waals surface area contributed by atoms with Crippen LogP contribution in [0.15, 0.2) is 48.1 Å². The maximum absolute atomic E-state index is 13.5. The van der Waals surface area contributed by atoms with Gasteiger partial charge in [-0.05, 0) is 24.8 Å². The maximum atomic E-state index is 13.5. The average Bonchev–Trinajstić information content (AvgIpc) is 3.57. The SMILES string of the molecule is CC(C)C[C@@H]1NC(=O)CN(C(=O)c2cn3ccsc3n2)CCNC(=O)[C@H](Cc2ccccc2)NC(=O)[C@H](C)N(C)C1=O. The van der Waals surface area contributed by atoms with Crippen molar-refractivity contribution >= 4 is 45.8 Å². The molecular formula is C29H37N7O5S. The van der Waals surface area contributed by atoms with Gasteiger partial charge in [-0.25, -0.2) is 4.98 Å². The van der Waals surface area contributed by atoms with E-state index in [2.05, 4.69) is 20.9 Å². The molecule has 3 N–H and O–H groups in total. The van der Waals surface area contributed by atoms with Crippen molar-refractivity contribution in [1.82, 2.24) is 35.1 Å². The zero-order valence-electron chi connectivity index (χ0n) is 24.2. The summed E-state index contributed by atoms with van der Waals surface area (Å²) < 4.78 is 1.72. The van der Waals surface area contributed by atoms with E-state index in [4.69, 9.17) is 0 Å². The molecule has 4 rings (SSSR count). The Kier molecular flexibility index (Phi) is 9.94. The first kappa shape index (κ1) is 30.7. The van der Waals surface area contributed by atoms with Crippen molar-refractivity contribution in [2.24, 2.45) is 5.92 Å². The zero-order chi connectivity index (χ0) is 30.4. The van der Waals surface area contributed by atoms with Crippen LogP contribution in [0.2, 0.25) is 0 Å². The number of aromatic nitrogens is 2. The first-order valence-corrected chi connectivity index (χ1v) is 14.8. The van der Waals surface area contributed by atoms with E-state index in [9.17, 15) is 24.0 Å². The molecule has 3 heterocycles. The number of nitrogens with one attached hydrogen (secondary N) is 3. The predicted molar refractivity (Wildman–Crippen MR) is 158 cm³/mol. The molecule has 0 saturated carbocycles. The molecule has 224 valence electrons. The normalized spacial score (nSPS) is 21.5. The van der Waals surface area contributed by atoms with Crippen LogP contribution in [-0.4, -0.2) is 93.5 Å². The minimum absolute atomic E-state index is 0.00821. The molecule has 0 unspecified atom stereocenters. The molecular weight excluding hydrogens is 558 g/mol. The molecule has 42 heavy (non-hydrogen) atoms. The van der Waals surface area contributed by atoms with Crippen molar-refractivity contribution in [3.8, 4) is 0 Å². The van der Waals surface area contributed by atoms with E-state index < -0.39 is 47.7 Å². The lowest BCUT2D eigenvalue weighted by Gasteiger charge is -2.30. The fourth-order valence-corrected chi connectivity index (χ4v) is 5.45. The van der Waals surface area contributed by atoms with Crippen molar-refractivity contribution in [1.29, 1.82) is 0 Å². The van der Waals surface area contributed by atoms with Crippen LogP contribution in [0.3, 0.4) is 0 Å². The van der Waals surface area contributed by atoms with Crippen molar-refractivity contribution in [3.05, 3.63) is 59.4 Å². The Hall–Kier alpha value is -4.26. The number of hydrogen-bond acceptors (Lipinski definition) is 7. The maximum Gasteiger partial charge on any atom is 0.274 e. The monoisotopic (exact) mass is 595 g/mol. The lowest BCUT2D eigenvalue weighted by Crippen LogP contribution is -2.57. The summed E-state index contributed by atoms with van der Waals surface area (Å²) in [5.41, 5.74) is 1.01. The van der Waals surface area contributed by atoms with Crippen LogP contribution in [0.1, 0.15) is 43.2 Å². The standard InChI is InChI=1S/C29H37N7O5S/c1-18(2)14-22-27(40)34(4)19(3)25(38)32-21(15-20-8-6-5-7-9-20)26(39)30-10-11-35(17-24(37)31-22)28(41)23-16-36-12-13-42-29(36)33-23/h5-9,12-13,16,18-19,21-22H,10-11,14-15,17H2,1-4H3,(H,30,39)(H,31,37)(H,32,38)/t19-,21-,22-/m0/s1. The largest absolute Gasteiger partial charge is 0.353 e. The van der Waals surface area contributed by atoms with Crippen LogP contribution < -0.4 is 16.0 Å². The number of carbonyl (C=O) groups excluding carboxylic acids is 5. The second-order valence-electron chi connectivity index (χ2n) is 10.9. The molecule has 13 heteroatoms. The smallest absolute Gasteiger partial charge is 0.274 e. The van der Waals surface area contributed by atoms with Crippen LogP contribution in [-0.2, 0) is 25.6 Å². The zero-order valence-corrected chi connectivity index (χ0v) is 25.0. The number of fused-ring (bicyclic) bond motifs is 1. The van der Waals surface area contributed by atoms with Gasteiger partial charge in [0.1, 0.15) is 23.8 Å². The van der Waals surface area contributed by atoms with Crippen LogP contribution in [0.25, 0.3) is 4.96 Å². The molecule has 2 aromatic heterocycles. The quantitative estimate of drug-likeness (QED) is 0.403. The minimum atomic E-state index is -0.925. The van der Waals surface area contributed by atoms with Crippen LogP contribution in [0, 0.1) is 5.92 Å². The Morgan fingerprint density at radius 2 is 1.81 bits per heavy atom. The number of benzene rings is 1. The second kappa shape index (κ2) is 13.6. The van der Waals surface area contributed by atoms with E-state index in [1.54, 1.807) is 23.7 Å². The number of likely N-dealkylation sites (N-methyl/N-ethyl adjacent to an activating group) is 1. The van der Waals surface area contributed by atoms with Crippen molar-refractivity contribution in [2.75, 3.05) is 26.7 Å². The molecule has 1 aliphatic rings. The third-order valence-electron chi connectivity index (χ3n) is 7.18. The summed E-state index contributed by atoms with van der Waals surface area (Å²) in [6.07, 6.45) is 3.94. The van der Waals surface area contributed by atoms with Crippen LogP contribution in [0.4, 0.5) is 0 Å². The van der Waals surface area contributed by atoms with Crippen LogP contribution in [0.5, 0.6) is 0 Å². The summed E-state index contributed by atoms with van der Waals surface area (Å²) in [6.45, 7) is 5.13. The lowest BCUT2D eigenvalue weighted by molar-refractivity contribution is -0.142. The molecule has 12 nitrogen and oxygen atoms in total. The molecule has 1 aromatic carbocycles. The molecule has 3 aromatic rings. The number of hydrogen-bond donors (Lipinski definition) is 3. The van der Waals surface area contributed by atoms with Gasteiger partial charge in [0.2, 0.25) is 23.6 Å². The van der Waals surface area contributed by atoms with Gasteiger partial charge in [0, 0.05) is 44.3 Å². The average molecular weight is 596 g/mol. The fourth-order valence-electron chi connectivity index (χ4n) is 4.75. The summed E-state index contributed by atoms with van der Waals surface area (Å²) >= 11 is 1.37. The number of thiazole rings is 1. The Balaban J connectivity index is 1.63. The minimum Gasteiger partial charge on any atom is -0.353 e. The molecule has 0 aliphatic carbocycles. The van der Waals surface area contributed by atoms with Crippen molar-refractivity contribution in [3.63, 3.8) is 0 Å². The van der Waals surface area contributed by atoms with Crippen molar-refractivity contribution in [2.45, 2.75) is 51.7 Å². The molecule has 1 aliphatic heterocycles. The summed E-state index contributed by atoms with van der Waals surface area (Å²) in [6, 6.07) is 6.53. The highest BCUT2D eigenvalue weighted by Gasteiger charge is 2.33. The molecule has 0 bridgehead atoms. The van der Waals surface area contributed by atoms with Crippen LogP contribution >= 0.6 is 11.3 Å². The fraction of sp³-hybridized carbons (Fsp3) is 0.448. The van der Waals surface area contributed by atoms with E-state index in [0.29, 0.717) is 11.4 Å². The van der Waals surface area contributed by atoms with Gasteiger partial charge in [-0.3, -0.25) is 28.4 Å². The number of carbonyl (C=O) groups is 5. The van der Waals surface area contributed by atoms with Gasteiger partial charge < -0.3 is 25.8 Å². The molecule has 0 spiro atoms. The Morgan fingerprint density at radius 1 is 1.07 bits per heavy atom. The van der Waals surface area contributed by atoms with Gasteiger partial charge in [-0.2, -0.15) is 0 Å². The van der Waals surface area contributed by atoms with Gasteiger partial charge in [0.15, 0.2) is 4.96 Å². The molecule has 5 amide bonds. The van der Waals surface area contributed by atoms with E-state index >= 15 is 0 Å². The predicted octanol–water partition coefficient (Wildman–Crippen LogP) is 1.07. The Labute approximate surface area is 248 Å². The number of nitrogens with zero attached hydrogens (tertiary/aromatic N) is 4. The van der Waals surface area contributed by atoms with E-state index in [1.165, 1.54) is 28.2 Å². The Bertz CT molecular complexity index is 1410. The summed E-state index contributed by atoms with van der Waals surface area (Å²) in [4.78, 5) is 74.4. The lowest BCUT2D eigenvalue weighted by atomic mass is 10.0. The van der Waals surface area contributed by atoms with Gasteiger partial charge in [0.05, 0.1) is 6.54 Å². The number of imidazole rings is 1. The molecule has 1 fully saturated rings. The highest BCUT2D eigenvalue weighted by molar-refractivity contribution is 7.15. The van der Waals surface area contributed by atoms with Crippen molar-refractivity contribution < 1.29 is 24.0 Å².